The Labute approximate surface area is 268 Å². The van der Waals surface area contributed by atoms with Gasteiger partial charge in [-0.05, 0) is 92.6 Å². The monoisotopic (exact) mass is 583 g/mol. The lowest BCUT2D eigenvalue weighted by Gasteiger charge is -2.29. The maximum atomic E-state index is 3.76. The van der Waals surface area contributed by atoms with Crippen molar-refractivity contribution in [2.24, 2.45) is 0 Å². The molecule has 1 N–H and O–H groups in total. The van der Waals surface area contributed by atoms with Gasteiger partial charge in [0.1, 0.15) is 0 Å². The number of benzene rings is 5. The van der Waals surface area contributed by atoms with Crippen LogP contribution in [-0.4, -0.2) is 0 Å². The summed E-state index contributed by atoms with van der Waals surface area (Å²) in [7, 11) is 0. The number of nitrogens with one attached hydrogen (secondary N) is 1. The Morgan fingerprint density at radius 1 is 0.822 bits per heavy atom. The van der Waals surface area contributed by atoms with E-state index in [1.165, 1.54) is 72.1 Å². The second-order valence-corrected chi connectivity index (χ2v) is 11.7. The van der Waals surface area contributed by atoms with Crippen molar-refractivity contribution in [2.45, 2.75) is 39.2 Å². The molecular weight excluding hydrogens is 542 g/mol. The molecule has 1 nitrogen and oxygen atoms in total. The fraction of sp³-hybridized carbons (Fsp3) is 0.136. The molecule has 1 heteroatoms. The highest BCUT2D eigenvalue weighted by Gasteiger charge is 2.25. The summed E-state index contributed by atoms with van der Waals surface area (Å²) in [6.07, 6.45) is 15.2. The first-order valence-corrected chi connectivity index (χ1v) is 15.9. The maximum Gasteiger partial charge on any atom is 0.0425 e. The molecule has 1 unspecified atom stereocenters. The summed E-state index contributed by atoms with van der Waals surface area (Å²) in [5.41, 5.74) is 14.7. The first kappa shape index (κ1) is 29.9. The van der Waals surface area contributed by atoms with Gasteiger partial charge >= 0.3 is 0 Å². The molecule has 1 aliphatic carbocycles. The highest BCUT2D eigenvalue weighted by Crippen LogP contribution is 2.44. The van der Waals surface area contributed by atoms with E-state index < -0.39 is 0 Å². The van der Waals surface area contributed by atoms with Crippen molar-refractivity contribution in [1.29, 1.82) is 0 Å². The number of rotatable bonds is 8. The highest BCUT2D eigenvalue weighted by atomic mass is 14.9. The highest BCUT2D eigenvalue weighted by molar-refractivity contribution is 6.06. The molecule has 1 aliphatic heterocycles. The molecule has 222 valence electrons. The van der Waals surface area contributed by atoms with Crippen LogP contribution in [0, 0.1) is 0 Å². The largest absolute Gasteiger partial charge is 0.380 e. The van der Waals surface area contributed by atoms with Crippen LogP contribution < -0.4 is 5.32 Å². The number of allylic oxidation sites excluding steroid dienone is 6. The Balaban J connectivity index is 0.00000175. The second kappa shape index (κ2) is 13.7. The standard InChI is InChI=1S/C42H37N.C2H4/c1-3-4-6-11-29(2)31-17-19-32(20-18-31)36-23-21-34-26-40-37(24-25-39(36)42(34)40)38(22-16-30-12-7-5-8-13-30)41-27-33-14-9-10-15-35(33)28-43-41;1-2/h3-15,17-25,27,29,43H,16,26,28H2,1-2H3;1-2H2/b4-3-,11-6-,38-22+;. The summed E-state index contributed by atoms with van der Waals surface area (Å²) < 4.78 is 0. The maximum absolute atomic E-state index is 3.76. The normalized spacial score (nSPS) is 14.3. The van der Waals surface area contributed by atoms with Crippen molar-refractivity contribution in [2.75, 3.05) is 0 Å². The van der Waals surface area contributed by atoms with E-state index in [1.807, 2.05) is 6.92 Å². The summed E-state index contributed by atoms with van der Waals surface area (Å²) in [4.78, 5) is 0. The van der Waals surface area contributed by atoms with Crippen molar-refractivity contribution >= 4 is 22.4 Å². The van der Waals surface area contributed by atoms with E-state index in [-0.39, 0.29) is 0 Å². The number of hydrogen-bond donors (Lipinski definition) is 1. The van der Waals surface area contributed by atoms with E-state index in [4.69, 9.17) is 0 Å². The van der Waals surface area contributed by atoms with Crippen LogP contribution in [0.25, 0.3) is 33.5 Å². The van der Waals surface area contributed by atoms with Gasteiger partial charge in [0.05, 0.1) is 0 Å². The molecule has 0 spiro atoms. The first-order valence-electron chi connectivity index (χ1n) is 15.9. The van der Waals surface area contributed by atoms with Gasteiger partial charge in [-0.2, -0.15) is 0 Å². The van der Waals surface area contributed by atoms with Gasteiger partial charge in [0.25, 0.3) is 0 Å². The molecule has 0 bridgehead atoms. The minimum atomic E-state index is 0.383. The minimum Gasteiger partial charge on any atom is -0.380 e. The molecule has 1 heterocycles. The first-order chi connectivity index (χ1) is 22.2. The molecule has 0 aromatic heterocycles. The zero-order valence-electron chi connectivity index (χ0n) is 26.4. The third-order valence-electron chi connectivity index (χ3n) is 8.98. The lowest BCUT2D eigenvalue weighted by Crippen LogP contribution is -2.20. The fourth-order valence-electron chi connectivity index (χ4n) is 6.54. The Kier molecular flexibility index (Phi) is 9.08. The van der Waals surface area contributed by atoms with Crippen LogP contribution in [0.5, 0.6) is 0 Å². The van der Waals surface area contributed by atoms with Crippen LogP contribution in [0.1, 0.15) is 58.7 Å². The van der Waals surface area contributed by atoms with Crippen molar-refractivity contribution in [3.63, 3.8) is 0 Å². The SMILES string of the molecule is C/C=C\C=C/C(C)c1ccc(-c2ccc3c4c(c(/C(=C\Cc5ccccc5)C5=Cc6ccccc6CN5)ccc24)C3)cc1.C=C. The van der Waals surface area contributed by atoms with Gasteiger partial charge in [-0.3, -0.25) is 0 Å². The van der Waals surface area contributed by atoms with E-state index >= 15 is 0 Å². The molecule has 0 amide bonds. The molecule has 7 rings (SSSR count). The Morgan fingerprint density at radius 3 is 2.40 bits per heavy atom. The van der Waals surface area contributed by atoms with E-state index in [2.05, 4.69) is 165 Å². The van der Waals surface area contributed by atoms with Crippen molar-refractivity contribution in [1.82, 2.24) is 5.32 Å². The van der Waals surface area contributed by atoms with E-state index in [0.29, 0.717) is 5.92 Å². The Morgan fingerprint density at radius 2 is 1.60 bits per heavy atom. The smallest absolute Gasteiger partial charge is 0.0425 e. The van der Waals surface area contributed by atoms with Crippen LogP contribution in [0.2, 0.25) is 0 Å². The topological polar surface area (TPSA) is 12.0 Å². The summed E-state index contributed by atoms with van der Waals surface area (Å²) >= 11 is 0. The van der Waals surface area contributed by atoms with Gasteiger partial charge in [-0.25, -0.2) is 0 Å². The number of hydrogen-bond acceptors (Lipinski definition) is 1. The molecule has 1 atom stereocenters. The van der Waals surface area contributed by atoms with Crippen LogP contribution in [0.4, 0.5) is 0 Å². The lowest BCUT2D eigenvalue weighted by molar-refractivity contribution is 0.826. The zero-order valence-corrected chi connectivity index (χ0v) is 26.4. The third kappa shape index (κ3) is 6.12. The van der Waals surface area contributed by atoms with Gasteiger partial charge in [0, 0.05) is 17.8 Å². The molecule has 0 fully saturated rings. The molecular formula is C44H41N. The van der Waals surface area contributed by atoms with Crippen molar-refractivity contribution < 1.29 is 0 Å². The van der Waals surface area contributed by atoms with Gasteiger partial charge < -0.3 is 5.32 Å². The Hall–Kier alpha value is -5.14. The van der Waals surface area contributed by atoms with Crippen LogP contribution in [0.15, 0.2) is 152 Å². The molecule has 5 aromatic carbocycles. The summed E-state index contributed by atoms with van der Waals surface area (Å²) in [5, 5.41) is 6.55. The van der Waals surface area contributed by atoms with E-state index in [1.54, 1.807) is 0 Å². The molecule has 0 saturated carbocycles. The van der Waals surface area contributed by atoms with Gasteiger partial charge in [0.15, 0.2) is 0 Å². The summed E-state index contributed by atoms with van der Waals surface area (Å²) in [6, 6.07) is 38.0. The average Bonchev–Trinajstić information content (AvgIpc) is 3.09. The van der Waals surface area contributed by atoms with E-state index in [0.717, 1.165) is 19.4 Å². The van der Waals surface area contributed by atoms with Crippen molar-refractivity contribution in [3.8, 4) is 11.1 Å². The number of fused-ring (bicyclic) bond motifs is 1. The third-order valence-corrected chi connectivity index (χ3v) is 8.98. The molecule has 5 aromatic rings. The zero-order chi connectivity index (χ0) is 31.2. The predicted molar refractivity (Wildman–Crippen MR) is 195 cm³/mol. The summed E-state index contributed by atoms with van der Waals surface area (Å²) in [5.74, 6) is 0.383. The molecule has 0 saturated heterocycles. The van der Waals surface area contributed by atoms with Gasteiger partial charge in [-0.15, -0.1) is 13.2 Å². The van der Waals surface area contributed by atoms with Gasteiger partial charge in [-0.1, -0.05) is 140 Å². The fourth-order valence-corrected chi connectivity index (χ4v) is 6.54. The van der Waals surface area contributed by atoms with Crippen LogP contribution >= 0.6 is 0 Å². The molecule has 45 heavy (non-hydrogen) atoms. The van der Waals surface area contributed by atoms with Gasteiger partial charge in [0.2, 0.25) is 0 Å². The second-order valence-electron chi connectivity index (χ2n) is 11.7. The van der Waals surface area contributed by atoms with Crippen LogP contribution in [0.3, 0.4) is 0 Å². The predicted octanol–water partition coefficient (Wildman–Crippen LogP) is 11.2. The van der Waals surface area contributed by atoms with E-state index in [9.17, 15) is 0 Å². The quantitative estimate of drug-likeness (QED) is 0.139. The average molecular weight is 584 g/mol. The summed E-state index contributed by atoms with van der Waals surface area (Å²) in [6.45, 7) is 11.2. The van der Waals surface area contributed by atoms with Crippen molar-refractivity contribution in [3.05, 3.63) is 191 Å². The Bertz CT molecular complexity index is 1930. The molecule has 0 radical (unpaired) electrons. The minimum absolute atomic E-state index is 0.383. The van der Waals surface area contributed by atoms with Crippen LogP contribution in [-0.2, 0) is 19.4 Å². The molecule has 2 aliphatic rings. The lowest BCUT2D eigenvalue weighted by atomic mass is 9.77.